The number of hydrogen-bond acceptors (Lipinski definition) is 5. The Labute approximate surface area is 167 Å². The van der Waals surface area contributed by atoms with Gasteiger partial charge >= 0.3 is 0 Å². The molecule has 0 N–H and O–H groups in total. The first-order valence-corrected chi connectivity index (χ1v) is 9.80. The standard InChI is InChI=1S/C21H20N4O2S/c1-15-8-9-19(27-15)21-23-17(14-28-21)10-20(26)24(2)12-16-11-22-25(13-16)18-6-4-3-5-7-18/h3-9,11,13-14H,10,12H2,1-2H3. The van der Waals surface area contributed by atoms with Gasteiger partial charge in [-0.1, -0.05) is 18.2 Å². The molecule has 4 rings (SSSR count). The van der Waals surface area contributed by atoms with E-state index >= 15 is 0 Å². The zero-order valence-electron chi connectivity index (χ0n) is 15.7. The first-order valence-electron chi connectivity index (χ1n) is 8.92. The van der Waals surface area contributed by atoms with Crippen molar-refractivity contribution in [1.82, 2.24) is 19.7 Å². The lowest BCUT2D eigenvalue weighted by Gasteiger charge is -2.15. The van der Waals surface area contributed by atoms with Crippen LogP contribution in [0.1, 0.15) is 17.0 Å². The number of likely N-dealkylation sites (N-methyl/N-ethyl adjacent to an activating group) is 1. The van der Waals surface area contributed by atoms with Crippen LogP contribution in [-0.2, 0) is 17.8 Å². The van der Waals surface area contributed by atoms with Crippen LogP contribution >= 0.6 is 11.3 Å². The summed E-state index contributed by atoms with van der Waals surface area (Å²) in [6.45, 7) is 2.40. The first-order chi connectivity index (χ1) is 13.6. The molecule has 0 saturated carbocycles. The van der Waals surface area contributed by atoms with Crippen LogP contribution in [0.4, 0.5) is 0 Å². The van der Waals surface area contributed by atoms with Crippen molar-refractivity contribution >= 4 is 17.2 Å². The maximum absolute atomic E-state index is 12.6. The van der Waals surface area contributed by atoms with E-state index in [1.54, 1.807) is 18.1 Å². The number of aryl methyl sites for hydroxylation is 1. The third-order valence-corrected chi connectivity index (χ3v) is 5.24. The van der Waals surface area contributed by atoms with Gasteiger partial charge in [-0.2, -0.15) is 5.10 Å². The molecule has 0 aliphatic heterocycles. The summed E-state index contributed by atoms with van der Waals surface area (Å²) in [7, 11) is 1.80. The number of para-hydroxylation sites is 1. The van der Waals surface area contributed by atoms with Crippen molar-refractivity contribution in [2.45, 2.75) is 19.9 Å². The lowest BCUT2D eigenvalue weighted by Crippen LogP contribution is -2.27. The van der Waals surface area contributed by atoms with Crippen LogP contribution < -0.4 is 0 Å². The molecule has 3 heterocycles. The number of thiazole rings is 1. The van der Waals surface area contributed by atoms with Gasteiger partial charge in [0.1, 0.15) is 5.76 Å². The van der Waals surface area contributed by atoms with Crippen LogP contribution in [0.3, 0.4) is 0 Å². The van der Waals surface area contributed by atoms with E-state index in [1.165, 1.54) is 11.3 Å². The molecule has 0 unspecified atom stereocenters. The third kappa shape index (κ3) is 4.04. The van der Waals surface area contributed by atoms with E-state index in [0.29, 0.717) is 6.54 Å². The smallest absolute Gasteiger partial charge is 0.228 e. The molecule has 0 bridgehead atoms. The van der Waals surface area contributed by atoms with Gasteiger partial charge in [-0.05, 0) is 31.2 Å². The van der Waals surface area contributed by atoms with Crippen molar-refractivity contribution in [1.29, 1.82) is 0 Å². The van der Waals surface area contributed by atoms with Crippen LogP contribution in [-0.4, -0.2) is 32.6 Å². The number of amides is 1. The van der Waals surface area contributed by atoms with Crippen molar-refractivity contribution < 1.29 is 9.21 Å². The van der Waals surface area contributed by atoms with Crippen molar-refractivity contribution in [2.24, 2.45) is 0 Å². The Morgan fingerprint density at radius 2 is 2.04 bits per heavy atom. The van der Waals surface area contributed by atoms with E-state index in [4.69, 9.17) is 4.42 Å². The maximum atomic E-state index is 12.6. The molecule has 0 spiro atoms. The Bertz CT molecular complexity index is 1080. The number of benzene rings is 1. The number of rotatable bonds is 6. The highest BCUT2D eigenvalue weighted by Gasteiger charge is 2.15. The largest absolute Gasteiger partial charge is 0.459 e. The summed E-state index contributed by atoms with van der Waals surface area (Å²) in [6.07, 6.45) is 4.00. The summed E-state index contributed by atoms with van der Waals surface area (Å²) in [5.41, 5.74) is 2.72. The van der Waals surface area contributed by atoms with E-state index in [0.717, 1.165) is 33.5 Å². The van der Waals surface area contributed by atoms with Gasteiger partial charge in [0.15, 0.2) is 10.8 Å². The van der Waals surface area contributed by atoms with Crippen LogP contribution in [0.25, 0.3) is 16.5 Å². The van der Waals surface area contributed by atoms with Crippen molar-refractivity contribution in [2.75, 3.05) is 7.05 Å². The molecule has 0 atom stereocenters. The van der Waals surface area contributed by atoms with Crippen LogP contribution in [0.15, 0.2) is 64.7 Å². The first kappa shape index (κ1) is 18.2. The highest BCUT2D eigenvalue weighted by molar-refractivity contribution is 7.13. The Morgan fingerprint density at radius 1 is 1.21 bits per heavy atom. The average Bonchev–Trinajstić information content (AvgIpc) is 3.43. The van der Waals surface area contributed by atoms with E-state index in [-0.39, 0.29) is 12.3 Å². The molecule has 6 nitrogen and oxygen atoms in total. The van der Waals surface area contributed by atoms with E-state index in [1.807, 2.05) is 65.6 Å². The Hall–Kier alpha value is -3.19. The van der Waals surface area contributed by atoms with Crippen molar-refractivity contribution in [3.8, 4) is 16.5 Å². The molecule has 4 aromatic rings. The van der Waals surface area contributed by atoms with Crippen molar-refractivity contribution in [3.05, 3.63) is 77.3 Å². The molecule has 0 fully saturated rings. The van der Waals surface area contributed by atoms with Gasteiger partial charge in [-0.3, -0.25) is 4.79 Å². The minimum atomic E-state index is 0.0138. The second kappa shape index (κ2) is 7.82. The fraction of sp³-hybridized carbons (Fsp3) is 0.190. The highest BCUT2D eigenvalue weighted by atomic mass is 32.1. The zero-order chi connectivity index (χ0) is 19.5. The van der Waals surface area contributed by atoms with E-state index in [2.05, 4.69) is 10.1 Å². The summed E-state index contributed by atoms with van der Waals surface area (Å²) >= 11 is 1.49. The second-order valence-corrected chi connectivity index (χ2v) is 7.47. The van der Waals surface area contributed by atoms with Gasteiger partial charge in [0.25, 0.3) is 0 Å². The minimum Gasteiger partial charge on any atom is -0.459 e. The molecular weight excluding hydrogens is 372 g/mol. The van der Waals surface area contributed by atoms with E-state index < -0.39 is 0 Å². The number of aromatic nitrogens is 3. The molecule has 0 radical (unpaired) electrons. The molecule has 1 amide bonds. The molecule has 0 aliphatic rings. The monoisotopic (exact) mass is 392 g/mol. The summed E-state index contributed by atoms with van der Waals surface area (Å²) in [6, 6.07) is 13.7. The molecule has 0 aliphatic carbocycles. The number of carbonyl (C=O) groups excluding carboxylic acids is 1. The number of hydrogen-bond donors (Lipinski definition) is 0. The maximum Gasteiger partial charge on any atom is 0.228 e. The number of carbonyl (C=O) groups is 1. The van der Waals surface area contributed by atoms with Gasteiger partial charge in [-0.15, -0.1) is 11.3 Å². The number of nitrogens with zero attached hydrogens (tertiary/aromatic N) is 4. The summed E-state index contributed by atoms with van der Waals surface area (Å²) < 4.78 is 7.41. The summed E-state index contributed by atoms with van der Waals surface area (Å²) in [5.74, 6) is 1.60. The van der Waals surface area contributed by atoms with E-state index in [9.17, 15) is 4.79 Å². The normalized spacial score (nSPS) is 10.9. The molecule has 142 valence electrons. The molecule has 0 saturated heterocycles. The van der Waals surface area contributed by atoms with Gasteiger partial charge in [0, 0.05) is 30.7 Å². The average molecular weight is 392 g/mol. The highest BCUT2D eigenvalue weighted by Crippen LogP contribution is 2.25. The van der Waals surface area contributed by atoms with Gasteiger partial charge in [0.05, 0.1) is 24.0 Å². The van der Waals surface area contributed by atoms with Crippen LogP contribution in [0.2, 0.25) is 0 Å². The molecular formula is C21H20N4O2S. The predicted molar refractivity (Wildman–Crippen MR) is 108 cm³/mol. The molecule has 7 heteroatoms. The Kier molecular flexibility index (Phi) is 5.08. The lowest BCUT2D eigenvalue weighted by atomic mass is 10.2. The van der Waals surface area contributed by atoms with Gasteiger partial charge in [0.2, 0.25) is 5.91 Å². The minimum absolute atomic E-state index is 0.0138. The van der Waals surface area contributed by atoms with Crippen molar-refractivity contribution in [3.63, 3.8) is 0 Å². The van der Waals surface area contributed by atoms with Crippen LogP contribution in [0, 0.1) is 6.92 Å². The topological polar surface area (TPSA) is 64.2 Å². The quantitative estimate of drug-likeness (QED) is 0.496. The lowest BCUT2D eigenvalue weighted by molar-refractivity contribution is -0.129. The van der Waals surface area contributed by atoms with Gasteiger partial charge < -0.3 is 9.32 Å². The SMILES string of the molecule is Cc1ccc(-c2nc(CC(=O)N(C)Cc3cnn(-c4ccccc4)c3)cs2)o1. The summed E-state index contributed by atoms with van der Waals surface area (Å²) in [4.78, 5) is 18.8. The third-order valence-electron chi connectivity index (χ3n) is 4.34. The predicted octanol–water partition coefficient (Wildman–Crippen LogP) is 4.10. The fourth-order valence-electron chi connectivity index (χ4n) is 2.87. The molecule has 1 aromatic carbocycles. The fourth-order valence-corrected chi connectivity index (χ4v) is 3.65. The zero-order valence-corrected chi connectivity index (χ0v) is 16.5. The van der Waals surface area contributed by atoms with Gasteiger partial charge in [-0.25, -0.2) is 9.67 Å². The molecule has 3 aromatic heterocycles. The Morgan fingerprint density at radius 3 is 2.79 bits per heavy atom. The number of furan rings is 1. The molecule has 28 heavy (non-hydrogen) atoms. The Balaban J connectivity index is 1.38. The van der Waals surface area contributed by atoms with Crippen LogP contribution in [0.5, 0.6) is 0 Å². The summed E-state index contributed by atoms with van der Waals surface area (Å²) in [5, 5.41) is 7.08. The second-order valence-electron chi connectivity index (χ2n) is 6.61.